The van der Waals surface area contributed by atoms with Crippen molar-refractivity contribution in [3.05, 3.63) is 52.7 Å². The first-order valence-corrected chi connectivity index (χ1v) is 7.87. The molecule has 3 rings (SSSR count). The van der Waals surface area contributed by atoms with Crippen LogP contribution >= 0.6 is 11.6 Å². The minimum absolute atomic E-state index is 0.183. The molecule has 1 aromatic heterocycles. The summed E-state index contributed by atoms with van der Waals surface area (Å²) in [5, 5.41) is 6.13. The zero-order valence-corrected chi connectivity index (χ0v) is 13.8. The van der Waals surface area contributed by atoms with Gasteiger partial charge < -0.3 is 15.4 Å². The second-order valence-electron chi connectivity index (χ2n) is 5.46. The molecule has 0 saturated heterocycles. The first-order valence-electron chi connectivity index (χ1n) is 7.49. The number of halogens is 1. The Bertz CT molecular complexity index is 794. The number of hydrogen-bond acceptors (Lipinski definition) is 4. The van der Waals surface area contributed by atoms with E-state index in [4.69, 9.17) is 16.3 Å². The third kappa shape index (κ3) is 3.65. The molecule has 1 aliphatic heterocycles. The molecule has 24 heavy (non-hydrogen) atoms. The minimum atomic E-state index is -0.248. The number of aromatic nitrogens is 1. The number of carbonyl (C=O) groups is 2. The number of fused-ring (bicyclic) bond motifs is 1. The fourth-order valence-corrected chi connectivity index (χ4v) is 2.76. The van der Waals surface area contributed by atoms with E-state index in [0.717, 1.165) is 11.3 Å². The average Bonchev–Trinajstić information content (AvgIpc) is 2.55. The van der Waals surface area contributed by atoms with Crippen molar-refractivity contribution in [2.75, 3.05) is 11.9 Å². The molecule has 1 atom stereocenters. The summed E-state index contributed by atoms with van der Waals surface area (Å²) in [5.74, 6) is 0.574. The molecule has 0 saturated carbocycles. The van der Waals surface area contributed by atoms with Crippen LogP contribution in [0.3, 0.4) is 0 Å². The Labute approximate surface area is 144 Å². The third-order valence-electron chi connectivity index (χ3n) is 3.64. The summed E-state index contributed by atoms with van der Waals surface area (Å²) < 4.78 is 5.59. The van der Waals surface area contributed by atoms with Gasteiger partial charge in [-0.1, -0.05) is 11.6 Å². The Morgan fingerprint density at radius 1 is 1.29 bits per heavy atom. The fraction of sp³-hybridized carbons (Fsp3) is 0.235. The van der Waals surface area contributed by atoms with Gasteiger partial charge in [0.15, 0.2) is 0 Å². The van der Waals surface area contributed by atoms with E-state index in [1.165, 1.54) is 19.2 Å². The first-order chi connectivity index (χ1) is 11.5. The van der Waals surface area contributed by atoms with Crippen LogP contribution in [0, 0.1) is 0 Å². The molecule has 0 bridgehead atoms. The van der Waals surface area contributed by atoms with Gasteiger partial charge in [-0.05, 0) is 30.3 Å². The summed E-state index contributed by atoms with van der Waals surface area (Å²) in [5.41, 5.74) is 1.28. The van der Waals surface area contributed by atoms with Crippen LogP contribution in [0.1, 0.15) is 35.3 Å². The molecule has 0 spiro atoms. The number of amides is 2. The van der Waals surface area contributed by atoms with Crippen LogP contribution in [-0.2, 0) is 4.79 Å². The molecule has 0 fully saturated rings. The summed E-state index contributed by atoms with van der Waals surface area (Å²) in [6.45, 7) is 1.91. The zero-order valence-electron chi connectivity index (χ0n) is 13.0. The normalized spacial score (nSPS) is 15.8. The molecule has 124 valence electrons. The lowest BCUT2D eigenvalue weighted by Gasteiger charge is -2.27. The number of rotatable bonds is 3. The second kappa shape index (κ2) is 6.88. The molecule has 2 amide bonds. The molecule has 2 aromatic rings. The molecule has 1 unspecified atom stereocenters. The van der Waals surface area contributed by atoms with Gasteiger partial charge in [0.1, 0.15) is 11.6 Å². The van der Waals surface area contributed by atoms with Crippen molar-refractivity contribution in [1.82, 2.24) is 10.3 Å². The van der Waals surface area contributed by atoms with Gasteiger partial charge in [-0.3, -0.25) is 9.59 Å². The van der Waals surface area contributed by atoms with Gasteiger partial charge >= 0.3 is 0 Å². The Kier molecular flexibility index (Phi) is 4.66. The Hall–Kier alpha value is -2.60. The van der Waals surface area contributed by atoms with Crippen LogP contribution in [0.5, 0.6) is 5.75 Å². The van der Waals surface area contributed by atoms with E-state index in [0.29, 0.717) is 29.4 Å². The first kappa shape index (κ1) is 16.3. The number of nitrogens with one attached hydrogen (secondary N) is 2. The Morgan fingerprint density at radius 3 is 2.92 bits per heavy atom. The van der Waals surface area contributed by atoms with Crippen molar-refractivity contribution >= 4 is 29.2 Å². The quantitative estimate of drug-likeness (QED) is 0.896. The van der Waals surface area contributed by atoms with Gasteiger partial charge in [0.05, 0.1) is 12.6 Å². The van der Waals surface area contributed by atoms with Crippen molar-refractivity contribution in [2.45, 2.75) is 19.4 Å². The van der Waals surface area contributed by atoms with Crippen LogP contribution in [0.15, 0.2) is 36.5 Å². The van der Waals surface area contributed by atoms with Gasteiger partial charge in [0.25, 0.3) is 5.91 Å². The van der Waals surface area contributed by atoms with Crippen LogP contribution in [-0.4, -0.2) is 23.4 Å². The van der Waals surface area contributed by atoms with E-state index in [9.17, 15) is 9.59 Å². The van der Waals surface area contributed by atoms with E-state index >= 15 is 0 Å². The number of hydrogen-bond donors (Lipinski definition) is 2. The number of pyridine rings is 1. The van der Waals surface area contributed by atoms with Gasteiger partial charge in [-0.25, -0.2) is 4.98 Å². The highest BCUT2D eigenvalue weighted by molar-refractivity contribution is 6.30. The lowest BCUT2D eigenvalue weighted by Crippen LogP contribution is -2.32. The number of benzene rings is 1. The van der Waals surface area contributed by atoms with Crippen LogP contribution in [0.4, 0.5) is 5.82 Å². The summed E-state index contributed by atoms with van der Waals surface area (Å²) in [6.07, 6.45) is 2.14. The minimum Gasteiger partial charge on any atom is -0.493 e. The molecule has 2 heterocycles. The maximum atomic E-state index is 12.5. The molecular formula is C17H16ClN3O3. The van der Waals surface area contributed by atoms with E-state index in [-0.39, 0.29) is 17.9 Å². The predicted molar refractivity (Wildman–Crippen MR) is 90.3 cm³/mol. The summed E-state index contributed by atoms with van der Waals surface area (Å²) in [4.78, 5) is 27.6. The largest absolute Gasteiger partial charge is 0.493 e. The molecule has 2 N–H and O–H groups in total. The van der Waals surface area contributed by atoms with Gasteiger partial charge in [0.2, 0.25) is 5.91 Å². The monoisotopic (exact) mass is 345 g/mol. The van der Waals surface area contributed by atoms with Crippen molar-refractivity contribution < 1.29 is 14.3 Å². The fourth-order valence-electron chi connectivity index (χ4n) is 2.58. The van der Waals surface area contributed by atoms with Crippen LogP contribution in [0.25, 0.3) is 0 Å². The van der Waals surface area contributed by atoms with Gasteiger partial charge in [0, 0.05) is 35.7 Å². The molecule has 1 aliphatic rings. The highest BCUT2D eigenvalue weighted by Gasteiger charge is 2.24. The molecule has 0 radical (unpaired) electrons. The molecule has 7 heteroatoms. The molecule has 6 nitrogen and oxygen atoms in total. The molecule has 1 aromatic carbocycles. The summed E-state index contributed by atoms with van der Waals surface area (Å²) in [6, 6.07) is 8.31. The number of carbonyl (C=O) groups excluding carboxylic acids is 2. The number of ether oxygens (including phenoxy) is 1. The van der Waals surface area contributed by atoms with Crippen molar-refractivity contribution in [3.8, 4) is 5.75 Å². The van der Waals surface area contributed by atoms with Crippen molar-refractivity contribution in [2.24, 2.45) is 0 Å². The third-order valence-corrected chi connectivity index (χ3v) is 3.88. The SMILES string of the molecule is CC(=O)Nc1cc(C(=O)NC2CCOc3ccc(Cl)cc32)ccn1. The van der Waals surface area contributed by atoms with E-state index < -0.39 is 0 Å². The Balaban J connectivity index is 1.79. The zero-order chi connectivity index (χ0) is 17.1. The topological polar surface area (TPSA) is 80.3 Å². The molecule has 0 aliphatic carbocycles. The smallest absolute Gasteiger partial charge is 0.251 e. The van der Waals surface area contributed by atoms with E-state index in [1.54, 1.807) is 24.3 Å². The van der Waals surface area contributed by atoms with E-state index in [2.05, 4.69) is 15.6 Å². The maximum Gasteiger partial charge on any atom is 0.251 e. The molecular weight excluding hydrogens is 330 g/mol. The van der Waals surface area contributed by atoms with Crippen LogP contribution in [0.2, 0.25) is 5.02 Å². The van der Waals surface area contributed by atoms with Gasteiger partial charge in [-0.2, -0.15) is 0 Å². The van der Waals surface area contributed by atoms with Crippen molar-refractivity contribution in [1.29, 1.82) is 0 Å². The maximum absolute atomic E-state index is 12.5. The number of anilines is 1. The summed E-state index contributed by atoms with van der Waals surface area (Å²) >= 11 is 6.05. The van der Waals surface area contributed by atoms with Crippen LogP contribution < -0.4 is 15.4 Å². The standard InChI is InChI=1S/C17H16ClN3O3/c1-10(22)20-16-8-11(4-6-19-16)17(23)21-14-5-7-24-15-3-2-12(18)9-13(14)15/h2-4,6,8-9,14H,5,7H2,1H3,(H,21,23)(H,19,20,22). The van der Waals surface area contributed by atoms with Gasteiger partial charge in [-0.15, -0.1) is 0 Å². The predicted octanol–water partition coefficient (Wildman–Crippen LogP) is 2.95. The van der Waals surface area contributed by atoms with E-state index in [1.807, 2.05) is 0 Å². The second-order valence-corrected chi connectivity index (χ2v) is 5.89. The summed E-state index contributed by atoms with van der Waals surface area (Å²) in [7, 11) is 0. The highest BCUT2D eigenvalue weighted by Crippen LogP contribution is 2.34. The lowest BCUT2D eigenvalue weighted by atomic mass is 10.00. The average molecular weight is 346 g/mol. The lowest BCUT2D eigenvalue weighted by molar-refractivity contribution is -0.114. The Morgan fingerprint density at radius 2 is 2.12 bits per heavy atom. The number of nitrogens with zero attached hydrogens (tertiary/aromatic N) is 1. The highest BCUT2D eigenvalue weighted by atomic mass is 35.5. The van der Waals surface area contributed by atoms with Crippen molar-refractivity contribution in [3.63, 3.8) is 0 Å².